The lowest BCUT2D eigenvalue weighted by Crippen LogP contribution is -2.28. The van der Waals surface area contributed by atoms with Crippen molar-refractivity contribution in [2.24, 2.45) is 0 Å². The van der Waals surface area contributed by atoms with Gasteiger partial charge in [0.2, 0.25) is 0 Å². The van der Waals surface area contributed by atoms with Crippen molar-refractivity contribution in [3.05, 3.63) is 24.3 Å². The van der Waals surface area contributed by atoms with Gasteiger partial charge in [0, 0.05) is 5.30 Å². The Bertz CT molecular complexity index is 599. The van der Waals surface area contributed by atoms with E-state index in [2.05, 4.69) is 0 Å². The molecular weight excluding hydrogens is 327 g/mol. The molecule has 2 fully saturated rings. The van der Waals surface area contributed by atoms with Gasteiger partial charge in [0.15, 0.2) is 4.90 Å². The van der Waals surface area contributed by atoms with Crippen LogP contribution in [0, 0.1) is 0 Å². The van der Waals surface area contributed by atoms with Crippen LogP contribution in [0.25, 0.3) is 0 Å². The van der Waals surface area contributed by atoms with E-state index in [1.165, 1.54) is 64.2 Å². The van der Waals surface area contributed by atoms with Crippen molar-refractivity contribution < 1.29 is 13.0 Å². The van der Waals surface area contributed by atoms with E-state index in [9.17, 15) is 8.42 Å². The Hall–Kier alpha value is -0.440. The summed E-state index contributed by atoms with van der Waals surface area (Å²) < 4.78 is 31.6. The Morgan fingerprint density at radius 1 is 0.826 bits per heavy atom. The molecule has 0 atom stereocenters. The third kappa shape index (κ3) is 4.15. The maximum absolute atomic E-state index is 12.0. The molecule has 128 valence electrons. The van der Waals surface area contributed by atoms with Crippen LogP contribution in [0.4, 0.5) is 0 Å². The van der Waals surface area contributed by atoms with Crippen LogP contribution in [0.5, 0.6) is 0 Å². The summed E-state index contributed by atoms with van der Waals surface area (Å²) in [6, 6.07) is 7.39. The molecule has 2 aliphatic carbocycles. The number of hydrogen-bond donors (Lipinski definition) is 0. The molecule has 0 saturated heterocycles. The first kappa shape index (κ1) is 17.4. The number of hydrogen-bond acceptors (Lipinski definition) is 2. The Balaban J connectivity index is 2.00. The Morgan fingerprint density at radius 2 is 1.30 bits per heavy atom. The molecule has 0 aliphatic heterocycles. The topological polar surface area (TPSA) is 57.0 Å². The van der Waals surface area contributed by atoms with Gasteiger partial charge >= 0.3 is 10.1 Å². The van der Waals surface area contributed by atoms with Crippen LogP contribution in [0.2, 0.25) is 0 Å². The largest absolute Gasteiger partial charge is 0.409 e. The monoisotopic (exact) mass is 355 g/mol. The highest BCUT2D eigenvalue weighted by atomic mass is 32.2. The molecule has 3 rings (SSSR count). The molecule has 1 aromatic rings. The fourth-order valence-corrected chi connectivity index (χ4v) is 9.40. The lowest BCUT2D eigenvalue weighted by atomic mass is 9.99. The predicted molar refractivity (Wildman–Crippen MR) is 97.5 cm³/mol. The molecule has 0 radical (unpaired) electrons. The summed E-state index contributed by atoms with van der Waals surface area (Å²) in [4.78, 5) is 0.280. The van der Waals surface area contributed by atoms with Crippen LogP contribution in [0.15, 0.2) is 29.2 Å². The second kappa shape index (κ2) is 7.63. The van der Waals surface area contributed by atoms with Crippen LogP contribution < -0.4 is 5.30 Å². The van der Waals surface area contributed by atoms with E-state index in [1.807, 2.05) is 12.1 Å². The van der Waals surface area contributed by atoms with Gasteiger partial charge in [-0.05, 0) is 43.1 Å². The minimum absolute atomic E-state index is 0.280. The van der Waals surface area contributed by atoms with E-state index >= 15 is 0 Å². The lowest BCUT2D eigenvalue weighted by Gasteiger charge is -2.39. The van der Waals surface area contributed by atoms with Gasteiger partial charge in [-0.2, -0.15) is 0 Å². The molecule has 0 bridgehead atoms. The summed E-state index contributed by atoms with van der Waals surface area (Å²) >= 11 is 0. The quantitative estimate of drug-likeness (QED) is 0.608. The van der Waals surface area contributed by atoms with Gasteiger partial charge in [0.05, 0.1) is 0 Å². The van der Waals surface area contributed by atoms with E-state index in [-0.39, 0.29) is 4.90 Å². The molecule has 2 N–H and O–H groups in total. The molecule has 0 heterocycles. The lowest BCUT2D eigenvalue weighted by molar-refractivity contribution is 0.482. The maximum atomic E-state index is 12.0. The van der Waals surface area contributed by atoms with Gasteiger partial charge in [0.25, 0.3) is 0 Å². The molecule has 0 spiro atoms. The first-order valence-electron chi connectivity index (χ1n) is 8.94. The Kier molecular flexibility index (Phi) is 5.77. The summed E-state index contributed by atoms with van der Waals surface area (Å²) in [5.41, 5.74) is 1.31. The van der Waals surface area contributed by atoms with E-state index in [0.717, 1.165) is 5.30 Å². The normalized spacial score (nSPS) is 21.7. The first-order valence-corrected chi connectivity index (χ1v) is 11.9. The van der Waals surface area contributed by atoms with Gasteiger partial charge in [-0.3, -0.25) is 0 Å². The predicted octanol–water partition coefficient (Wildman–Crippen LogP) is 3.87. The molecular formula is C18H28O3PS+. The van der Waals surface area contributed by atoms with Gasteiger partial charge < -0.3 is 4.55 Å². The van der Waals surface area contributed by atoms with Crippen molar-refractivity contribution in [3.63, 3.8) is 0 Å². The van der Waals surface area contributed by atoms with E-state index in [0.29, 0.717) is 11.3 Å². The standard InChI is InChI=1S/C18H27O3PS/c19-23(20,21)18-14-8-7-13-17(18)22(15-9-3-1-4-10-15)16-11-5-2-6-12-16/h7-8,13-16H,1-6,9-12H2,(H,19,20,21)/p+1. The minimum Gasteiger partial charge on any atom is -0.329 e. The second-order valence-electron chi connectivity index (χ2n) is 6.96. The zero-order valence-corrected chi connectivity index (χ0v) is 15.4. The van der Waals surface area contributed by atoms with Crippen molar-refractivity contribution in [1.82, 2.24) is 0 Å². The first-order chi connectivity index (χ1) is 11.1. The van der Waals surface area contributed by atoms with Crippen LogP contribution in [-0.2, 0) is 10.1 Å². The molecule has 2 aliphatic rings. The van der Waals surface area contributed by atoms with E-state index in [4.69, 9.17) is 4.55 Å². The molecule has 2 saturated carbocycles. The van der Waals surface area contributed by atoms with Crippen LogP contribution in [-0.4, -0.2) is 24.3 Å². The van der Waals surface area contributed by atoms with Gasteiger partial charge in [0.1, 0.15) is 0 Å². The number of rotatable bonds is 4. The van der Waals surface area contributed by atoms with Crippen molar-refractivity contribution in [2.75, 3.05) is 0 Å². The highest BCUT2D eigenvalue weighted by molar-refractivity contribution is 7.86. The van der Waals surface area contributed by atoms with Crippen molar-refractivity contribution >= 4 is 23.3 Å². The summed E-state index contributed by atoms with van der Waals surface area (Å²) in [7, 11) is -4.37. The van der Waals surface area contributed by atoms with E-state index < -0.39 is 18.0 Å². The average Bonchev–Trinajstić information content (AvgIpc) is 2.57. The molecule has 0 amide bonds. The molecule has 3 nitrogen and oxygen atoms in total. The van der Waals surface area contributed by atoms with Gasteiger partial charge in [-0.1, -0.05) is 64.6 Å². The highest BCUT2D eigenvalue weighted by Gasteiger charge is 2.35. The minimum atomic E-state index is -3.89. The zero-order valence-electron chi connectivity index (χ0n) is 13.7. The fraction of sp³-hybridized carbons (Fsp3) is 0.667. The molecule has 0 aromatic heterocycles. The van der Waals surface area contributed by atoms with Crippen molar-refractivity contribution in [1.29, 1.82) is 0 Å². The van der Waals surface area contributed by atoms with Crippen LogP contribution >= 0.6 is 7.92 Å². The fourth-order valence-electron chi connectivity index (χ4n) is 4.31. The molecule has 23 heavy (non-hydrogen) atoms. The Labute approximate surface area is 141 Å². The third-order valence-electron chi connectivity index (χ3n) is 5.37. The zero-order chi connectivity index (χ0) is 16.3. The van der Waals surface area contributed by atoms with Crippen LogP contribution in [0.1, 0.15) is 64.2 Å². The van der Waals surface area contributed by atoms with Crippen molar-refractivity contribution in [3.8, 4) is 0 Å². The smallest absolute Gasteiger partial charge is 0.329 e. The molecule has 0 unspecified atom stereocenters. The average molecular weight is 355 g/mol. The van der Waals surface area contributed by atoms with Gasteiger partial charge in [-0.15, -0.1) is 8.42 Å². The molecule has 5 heteroatoms. The molecule has 1 aromatic carbocycles. The Morgan fingerprint density at radius 3 is 1.78 bits per heavy atom. The summed E-state index contributed by atoms with van der Waals surface area (Å²) in [6.45, 7) is 0. The van der Waals surface area contributed by atoms with Crippen molar-refractivity contribution in [2.45, 2.75) is 80.4 Å². The highest BCUT2D eigenvalue weighted by Crippen LogP contribution is 2.55. The second-order valence-corrected chi connectivity index (χ2v) is 11.2. The van der Waals surface area contributed by atoms with Gasteiger partial charge in [-0.25, -0.2) is 0 Å². The summed E-state index contributed by atoms with van der Waals surface area (Å²) in [5, 5.41) is 0.997. The number of benzene rings is 1. The SMILES string of the molecule is O=S(=O)([OH2+])c1ccccc1P(C1CCCCC1)C1CCCCC1. The maximum Gasteiger partial charge on any atom is 0.409 e. The summed E-state index contributed by atoms with van der Waals surface area (Å²) in [6.07, 6.45) is 12.8. The van der Waals surface area contributed by atoms with Crippen LogP contribution in [0.3, 0.4) is 0 Å². The van der Waals surface area contributed by atoms with E-state index in [1.54, 1.807) is 12.1 Å². The third-order valence-corrected chi connectivity index (χ3v) is 10.0. The summed E-state index contributed by atoms with van der Waals surface area (Å²) in [5.74, 6) is 0.